The molecule has 0 aliphatic carbocycles. The van der Waals surface area contributed by atoms with Gasteiger partial charge in [0.1, 0.15) is 0 Å². The molecule has 12 rings (SSSR count). The monoisotopic (exact) mass is 775 g/mol. The summed E-state index contributed by atoms with van der Waals surface area (Å²) in [6.45, 7) is 0. The molecule has 3 heteroatoms. The SMILES string of the molecule is c1ccc(-c2ccc(-c3cc(-c4ccc5c(c4)c4ccccc4c4cccc(-c6ccc7c8ccccc8n(-c8ccccc8)c7c6)c45)nc(-c4ccccc4)n3)cc2)cc1. The summed E-state index contributed by atoms with van der Waals surface area (Å²) >= 11 is 0. The second-order valence-electron chi connectivity index (χ2n) is 15.7. The molecular formula is C58H37N3. The van der Waals surface area contributed by atoms with Gasteiger partial charge in [0, 0.05) is 33.2 Å². The smallest absolute Gasteiger partial charge is 0.160 e. The van der Waals surface area contributed by atoms with Crippen LogP contribution in [0.3, 0.4) is 0 Å². The van der Waals surface area contributed by atoms with Crippen molar-refractivity contribution in [1.82, 2.24) is 14.5 Å². The van der Waals surface area contributed by atoms with Gasteiger partial charge in [-0.05, 0) is 91.0 Å². The summed E-state index contributed by atoms with van der Waals surface area (Å²) in [6, 6.07) is 80.5. The standard InChI is InChI=1S/C58H37N3/c1-4-15-38(16-5-1)39-27-29-40(30-28-39)53-37-54(60-58(59-53)41-17-6-2-7-18-41)43-32-34-51-52(35-43)47-22-11-10-21-46(47)50-25-14-24-45(57(50)51)42-31-33-49-48-23-12-13-26-55(48)61(56(49)36-42)44-19-8-3-9-20-44/h1-37H. The zero-order chi connectivity index (χ0) is 40.3. The van der Waals surface area contributed by atoms with Crippen LogP contribution in [0, 0.1) is 0 Å². The largest absolute Gasteiger partial charge is 0.309 e. The third-order valence-electron chi connectivity index (χ3n) is 12.2. The number of para-hydroxylation sites is 2. The van der Waals surface area contributed by atoms with Crippen LogP contribution in [0.1, 0.15) is 0 Å². The van der Waals surface area contributed by atoms with Crippen LogP contribution < -0.4 is 0 Å². The lowest BCUT2D eigenvalue weighted by Crippen LogP contribution is -1.96. The van der Waals surface area contributed by atoms with Crippen molar-refractivity contribution in [2.45, 2.75) is 0 Å². The van der Waals surface area contributed by atoms with Crippen molar-refractivity contribution >= 4 is 54.1 Å². The fourth-order valence-corrected chi connectivity index (χ4v) is 9.32. The maximum absolute atomic E-state index is 5.25. The highest BCUT2D eigenvalue weighted by atomic mass is 15.0. The molecule has 0 aliphatic heterocycles. The summed E-state index contributed by atoms with van der Waals surface area (Å²) < 4.78 is 2.40. The van der Waals surface area contributed by atoms with Crippen molar-refractivity contribution in [2.75, 3.05) is 0 Å². The van der Waals surface area contributed by atoms with E-state index >= 15 is 0 Å². The van der Waals surface area contributed by atoms with E-state index in [4.69, 9.17) is 9.97 Å². The van der Waals surface area contributed by atoms with Crippen molar-refractivity contribution in [2.24, 2.45) is 0 Å². The summed E-state index contributed by atoms with van der Waals surface area (Å²) in [6.07, 6.45) is 0. The van der Waals surface area contributed by atoms with E-state index in [1.807, 2.05) is 18.2 Å². The number of hydrogen-bond donors (Lipinski definition) is 0. The number of aromatic nitrogens is 3. The molecule has 0 radical (unpaired) electrons. The molecule has 0 atom stereocenters. The predicted molar refractivity (Wildman–Crippen MR) is 256 cm³/mol. The van der Waals surface area contributed by atoms with Gasteiger partial charge in [0.15, 0.2) is 5.82 Å². The van der Waals surface area contributed by atoms with Crippen LogP contribution in [-0.4, -0.2) is 14.5 Å². The minimum absolute atomic E-state index is 0.703. The van der Waals surface area contributed by atoms with Crippen LogP contribution >= 0.6 is 0 Å². The summed E-state index contributed by atoms with van der Waals surface area (Å²) in [4.78, 5) is 10.4. The van der Waals surface area contributed by atoms with E-state index in [0.29, 0.717) is 5.82 Å². The zero-order valence-corrected chi connectivity index (χ0v) is 33.2. The van der Waals surface area contributed by atoms with Gasteiger partial charge < -0.3 is 4.57 Å². The average molecular weight is 776 g/mol. The van der Waals surface area contributed by atoms with Crippen molar-refractivity contribution in [3.05, 3.63) is 224 Å². The van der Waals surface area contributed by atoms with E-state index in [-0.39, 0.29) is 0 Å². The minimum atomic E-state index is 0.703. The molecule has 10 aromatic carbocycles. The van der Waals surface area contributed by atoms with Crippen LogP contribution in [0.25, 0.3) is 116 Å². The molecule has 0 spiro atoms. The molecule has 12 aromatic rings. The Labute approximate surface area is 353 Å². The first-order valence-electron chi connectivity index (χ1n) is 20.8. The Hall–Kier alpha value is -8.14. The number of benzene rings is 10. The maximum Gasteiger partial charge on any atom is 0.160 e. The van der Waals surface area contributed by atoms with E-state index in [9.17, 15) is 0 Å². The Morgan fingerprint density at radius 1 is 0.279 bits per heavy atom. The first kappa shape index (κ1) is 34.9. The van der Waals surface area contributed by atoms with Gasteiger partial charge in [-0.2, -0.15) is 0 Å². The Morgan fingerprint density at radius 3 is 1.54 bits per heavy atom. The normalized spacial score (nSPS) is 11.6. The number of hydrogen-bond acceptors (Lipinski definition) is 2. The Bertz CT molecular complexity index is 3610. The lowest BCUT2D eigenvalue weighted by Gasteiger charge is -2.16. The van der Waals surface area contributed by atoms with Crippen LogP contribution in [-0.2, 0) is 0 Å². The van der Waals surface area contributed by atoms with Gasteiger partial charge >= 0.3 is 0 Å². The molecule has 0 unspecified atom stereocenters. The second kappa shape index (κ2) is 14.3. The lowest BCUT2D eigenvalue weighted by molar-refractivity contribution is 1.18. The van der Waals surface area contributed by atoms with Gasteiger partial charge in [-0.15, -0.1) is 0 Å². The van der Waals surface area contributed by atoms with E-state index in [1.165, 1.54) is 76.4 Å². The van der Waals surface area contributed by atoms with Crippen molar-refractivity contribution < 1.29 is 0 Å². The van der Waals surface area contributed by atoms with Crippen LogP contribution in [0.4, 0.5) is 0 Å². The van der Waals surface area contributed by atoms with Crippen molar-refractivity contribution in [3.8, 4) is 61.8 Å². The molecule has 0 aliphatic rings. The third kappa shape index (κ3) is 5.90. The molecule has 2 aromatic heterocycles. The van der Waals surface area contributed by atoms with Crippen molar-refractivity contribution in [1.29, 1.82) is 0 Å². The summed E-state index contributed by atoms with van der Waals surface area (Å²) in [5.74, 6) is 0.703. The highest BCUT2D eigenvalue weighted by Crippen LogP contribution is 2.43. The topological polar surface area (TPSA) is 30.7 Å². The Morgan fingerprint density at radius 2 is 0.787 bits per heavy atom. The second-order valence-corrected chi connectivity index (χ2v) is 15.7. The predicted octanol–water partition coefficient (Wildman–Crippen LogP) is 15.4. The number of nitrogens with zero attached hydrogens (tertiary/aromatic N) is 3. The van der Waals surface area contributed by atoms with Gasteiger partial charge in [-0.3, -0.25) is 0 Å². The fourth-order valence-electron chi connectivity index (χ4n) is 9.32. The summed E-state index contributed by atoms with van der Waals surface area (Å²) in [5, 5.41) is 9.85. The molecule has 0 bridgehead atoms. The summed E-state index contributed by atoms with van der Waals surface area (Å²) in [7, 11) is 0. The maximum atomic E-state index is 5.25. The molecule has 0 N–H and O–H groups in total. The first-order chi connectivity index (χ1) is 30.2. The van der Waals surface area contributed by atoms with Gasteiger partial charge in [0.2, 0.25) is 0 Å². The zero-order valence-electron chi connectivity index (χ0n) is 33.2. The van der Waals surface area contributed by atoms with E-state index < -0.39 is 0 Å². The Kier molecular flexibility index (Phi) is 8.17. The number of fused-ring (bicyclic) bond motifs is 9. The van der Waals surface area contributed by atoms with E-state index in [2.05, 4.69) is 211 Å². The quantitative estimate of drug-likeness (QED) is 0.158. The van der Waals surface area contributed by atoms with Crippen molar-refractivity contribution in [3.63, 3.8) is 0 Å². The molecule has 61 heavy (non-hydrogen) atoms. The fraction of sp³-hybridized carbons (Fsp3) is 0. The van der Waals surface area contributed by atoms with Crippen LogP contribution in [0.15, 0.2) is 224 Å². The molecule has 0 saturated heterocycles. The van der Waals surface area contributed by atoms with E-state index in [1.54, 1.807) is 0 Å². The Balaban J connectivity index is 1.06. The van der Waals surface area contributed by atoms with Gasteiger partial charge in [0.25, 0.3) is 0 Å². The molecule has 284 valence electrons. The first-order valence-corrected chi connectivity index (χ1v) is 20.8. The molecular weight excluding hydrogens is 739 g/mol. The lowest BCUT2D eigenvalue weighted by atomic mass is 9.88. The minimum Gasteiger partial charge on any atom is -0.309 e. The highest BCUT2D eigenvalue weighted by Gasteiger charge is 2.18. The van der Waals surface area contributed by atoms with Gasteiger partial charge in [-0.1, -0.05) is 188 Å². The van der Waals surface area contributed by atoms with Crippen LogP contribution in [0.2, 0.25) is 0 Å². The van der Waals surface area contributed by atoms with Gasteiger partial charge in [0.05, 0.1) is 22.4 Å². The molecule has 3 nitrogen and oxygen atoms in total. The molecule has 2 heterocycles. The summed E-state index contributed by atoms with van der Waals surface area (Å²) in [5.41, 5.74) is 13.2. The number of rotatable bonds is 6. The molecule has 0 saturated carbocycles. The third-order valence-corrected chi connectivity index (χ3v) is 12.2. The molecule has 0 fully saturated rings. The van der Waals surface area contributed by atoms with Gasteiger partial charge in [-0.25, -0.2) is 9.97 Å². The highest BCUT2D eigenvalue weighted by molar-refractivity contribution is 6.29. The van der Waals surface area contributed by atoms with E-state index in [0.717, 1.165) is 33.8 Å². The average Bonchev–Trinajstić information content (AvgIpc) is 3.68. The van der Waals surface area contributed by atoms with Crippen LogP contribution in [0.5, 0.6) is 0 Å². The molecule has 0 amide bonds.